The van der Waals surface area contributed by atoms with Crippen molar-refractivity contribution in [2.45, 2.75) is 193 Å². The molecule has 9 nitrogen and oxygen atoms in total. The highest BCUT2D eigenvalue weighted by molar-refractivity contribution is 5.87. The Morgan fingerprint density at radius 3 is 1.61 bits per heavy atom. The molecular weight excluding hydrogens is 717 g/mol. The average molecular weight is 797 g/mol. The smallest absolute Gasteiger partial charge is 0.328 e. The molecule has 2 atom stereocenters. The van der Waals surface area contributed by atoms with Gasteiger partial charge in [0.2, 0.25) is 11.8 Å². The highest BCUT2D eigenvalue weighted by atomic mass is 16.5. The molecule has 324 valence electrons. The average Bonchev–Trinajstić information content (AvgIpc) is 3.20. The van der Waals surface area contributed by atoms with Gasteiger partial charge >= 0.3 is 11.9 Å². The molecule has 0 saturated carbocycles. The van der Waals surface area contributed by atoms with Crippen LogP contribution in [0.3, 0.4) is 0 Å². The molecule has 0 fully saturated rings. The summed E-state index contributed by atoms with van der Waals surface area (Å²) >= 11 is 0. The standard InChI is InChI=1S/C48H80N2O7/c1-3-5-7-9-11-13-15-16-17-18-19-20-21-23-25-27-32-36-40-47(54)57-43(37-33-29-26-24-22-14-12-10-8-6-4-2)38-34-30-28-31-35-39-45(52)49-41-46(53)50-44(42-51)48(55)56/h6,8,12-15,17-18,24,26,33,37,43-44,51H,3-5,7,9-11,16,19-23,25,27-32,34-36,38-42H2,1-2H3,(H,49,52)(H,50,53)(H,55,56)/b8-6-,14-12-,15-13-,18-17-,26-24-,37-33-. The Hall–Kier alpha value is -3.72. The number of carbonyl (C=O) groups is 4. The second-order valence-electron chi connectivity index (χ2n) is 14.8. The molecule has 0 spiro atoms. The molecule has 0 aliphatic carbocycles. The quantitative estimate of drug-likeness (QED) is 0.0276. The zero-order chi connectivity index (χ0) is 41.9. The van der Waals surface area contributed by atoms with Gasteiger partial charge in [-0.3, -0.25) is 14.4 Å². The highest BCUT2D eigenvalue weighted by Crippen LogP contribution is 2.15. The van der Waals surface area contributed by atoms with Gasteiger partial charge < -0.3 is 25.6 Å². The van der Waals surface area contributed by atoms with Gasteiger partial charge in [0, 0.05) is 12.8 Å². The van der Waals surface area contributed by atoms with Crippen molar-refractivity contribution in [3.8, 4) is 0 Å². The van der Waals surface area contributed by atoms with Crippen molar-refractivity contribution >= 4 is 23.8 Å². The first-order valence-corrected chi connectivity index (χ1v) is 22.3. The summed E-state index contributed by atoms with van der Waals surface area (Å²) in [6.07, 6.45) is 52.3. The molecule has 0 aliphatic rings. The van der Waals surface area contributed by atoms with E-state index in [1.165, 1.54) is 57.8 Å². The molecule has 0 bridgehead atoms. The topological polar surface area (TPSA) is 142 Å². The second kappa shape index (κ2) is 41.9. The molecule has 9 heteroatoms. The van der Waals surface area contributed by atoms with E-state index in [9.17, 15) is 19.2 Å². The summed E-state index contributed by atoms with van der Waals surface area (Å²) in [4.78, 5) is 47.6. The third-order valence-electron chi connectivity index (χ3n) is 9.42. The molecule has 0 rings (SSSR count). The molecule has 0 aliphatic heterocycles. The van der Waals surface area contributed by atoms with Crippen molar-refractivity contribution in [3.05, 3.63) is 72.9 Å². The minimum atomic E-state index is -1.39. The maximum atomic E-state index is 12.8. The number of aliphatic carboxylic acids is 1. The number of aliphatic hydroxyl groups excluding tert-OH is 1. The van der Waals surface area contributed by atoms with Gasteiger partial charge in [0.25, 0.3) is 0 Å². The molecule has 0 saturated heterocycles. The number of carboxylic acids is 1. The van der Waals surface area contributed by atoms with E-state index in [2.05, 4.69) is 91.3 Å². The van der Waals surface area contributed by atoms with Crippen molar-refractivity contribution < 1.29 is 34.1 Å². The van der Waals surface area contributed by atoms with Gasteiger partial charge in [-0.1, -0.05) is 151 Å². The van der Waals surface area contributed by atoms with Crippen LogP contribution in [0.15, 0.2) is 72.9 Å². The largest absolute Gasteiger partial charge is 0.480 e. The van der Waals surface area contributed by atoms with Crippen molar-refractivity contribution in [2.75, 3.05) is 13.2 Å². The van der Waals surface area contributed by atoms with E-state index in [0.29, 0.717) is 12.8 Å². The van der Waals surface area contributed by atoms with Crippen LogP contribution in [0.1, 0.15) is 181 Å². The van der Waals surface area contributed by atoms with E-state index < -0.39 is 24.5 Å². The number of amides is 2. The van der Waals surface area contributed by atoms with E-state index >= 15 is 0 Å². The van der Waals surface area contributed by atoms with Gasteiger partial charge in [-0.15, -0.1) is 0 Å². The molecule has 0 aromatic heterocycles. The van der Waals surface area contributed by atoms with Gasteiger partial charge in [0.05, 0.1) is 13.2 Å². The van der Waals surface area contributed by atoms with Crippen LogP contribution in [-0.2, 0) is 23.9 Å². The normalized spacial score (nSPS) is 13.2. The Balaban J connectivity index is 4.40. The van der Waals surface area contributed by atoms with Crippen molar-refractivity contribution in [1.82, 2.24) is 10.6 Å². The third kappa shape index (κ3) is 38.9. The lowest BCUT2D eigenvalue weighted by Crippen LogP contribution is -2.47. The van der Waals surface area contributed by atoms with E-state index in [1.807, 2.05) is 6.08 Å². The molecule has 0 heterocycles. The summed E-state index contributed by atoms with van der Waals surface area (Å²) in [5.41, 5.74) is 0. The molecule has 2 unspecified atom stereocenters. The van der Waals surface area contributed by atoms with E-state index in [0.717, 1.165) is 89.9 Å². The van der Waals surface area contributed by atoms with Crippen LogP contribution in [0, 0.1) is 0 Å². The zero-order valence-electron chi connectivity index (χ0n) is 35.8. The minimum Gasteiger partial charge on any atom is -0.480 e. The number of esters is 1. The predicted octanol–water partition coefficient (Wildman–Crippen LogP) is 11.1. The fraction of sp³-hybridized carbons (Fsp3) is 0.667. The van der Waals surface area contributed by atoms with E-state index in [1.54, 1.807) is 0 Å². The van der Waals surface area contributed by atoms with Crippen LogP contribution >= 0.6 is 0 Å². The zero-order valence-corrected chi connectivity index (χ0v) is 35.8. The van der Waals surface area contributed by atoms with Crippen LogP contribution in [-0.4, -0.2) is 59.3 Å². The number of ether oxygens (including phenoxy) is 1. The van der Waals surface area contributed by atoms with Gasteiger partial charge in [-0.2, -0.15) is 0 Å². The molecule has 4 N–H and O–H groups in total. The molecule has 0 radical (unpaired) electrons. The van der Waals surface area contributed by atoms with Crippen LogP contribution in [0.4, 0.5) is 0 Å². The summed E-state index contributed by atoms with van der Waals surface area (Å²) in [6, 6.07) is -1.39. The van der Waals surface area contributed by atoms with E-state index in [4.69, 9.17) is 14.9 Å². The van der Waals surface area contributed by atoms with Crippen LogP contribution in [0.2, 0.25) is 0 Å². The lowest BCUT2D eigenvalue weighted by Gasteiger charge is -2.15. The molecule has 57 heavy (non-hydrogen) atoms. The predicted molar refractivity (Wildman–Crippen MR) is 236 cm³/mol. The third-order valence-corrected chi connectivity index (χ3v) is 9.42. The second-order valence-corrected chi connectivity index (χ2v) is 14.8. The monoisotopic (exact) mass is 797 g/mol. The van der Waals surface area contributed by atoms with Crippen LogP contribution in [0.5, 0.6) is 0 Å². The number of hydrogen-bond donors (Lipinski definition) is 4. The highest BCUT2D eigenvalue weighted by Gasteiger charge is 2.18. The summed E-state index contributed by atoms with van der Waals surface area (Å²) in [5, 5.41) is 22.5. The minimum absolute atomic E-state index is 0.130. The Kier molecular flexibility index (Phi) is 39.2. The van der Waals surface area contributed by atoms with Crippen molar-refractivity contribution in [3.63, 3.8) is 0 Å². The first-order chi connectivity index (χ1) is 27.8. The number of allylic oxidation sites excluding steroid dienone is 11. The Morgan fingerprint density at radius 1 is 0.561 bits per heavy atom. The van der Waals surface area contributed by atoms with Gasteiger partial charge in [-0.25, -0.2) is 4.79 Å². The van der Waals surface area contributed by atoms with Crippen LogP contribution in [0.25, 0.3) is 0 Å². The number of hydrogen-bond acceptors (Lipinski definition) is 6. The lowest BCUT2D eigenvalue weighted by molar-refractivity contribution is -0.147. The van der Waals surface area contributed by atoms with Crippen molar-refractivity contribution in [2.24, 2.45) is 0 Å². The summed E-state index contributed by atoms with van der Waals surface area (Å²) in [5.74, 6) is -2.41. The number of carbonyl (C=O) groups excluding carboxylic acids is 3. The SMILES string of the molecule is CC/C=C\C/C=C\C/C=C\C/C=C\C(CCCCCCCC(=O)NCC(=O)NC(CO)C(=O)O)OC(=O)CCCCCCCCC/C=C\C/C=C\CCCCCC. The summed E-state index contributed by atoms with van der Waals surface area (Å²) < 4.78 is 5.92. The van der Waals surface area contributed by atoms with Gasteiger partial charge in [0.1, 0.15) is 12.1 Å². The van der Waals surface area contributed by atoms with Gasteiger partial charge in [0.15, 0.2) is 0 Å². The number of unbranched alkanes of at least 4 members (excludes halogenated alkanes) is 15. The Bertz CT molecular complexity index is 1190. The van der Waals surface area contributed by atoms with Crippen molar-refractivity contribution in [1.29, 1.82) is 0 Å². The molecular formula is C48H80N2O7. The summed E-state index contributed by atoms with van der Waals surface area (Å²) in [7, 11) is 0. The maximum absolute atomic E-state index is 12.8. The first-order valence-electron chi connectivity index (χ1n) is 22.3. The first kappa shape index (κ1) is 53.3. The molecule has 0 aromatic rings. The fourth-order valence-corrected chi connectivity index (χ4v) is 6.01. The number of carboxylic acid groups (broad SMARTS) is 1. The molecule has 0 aromatic carbocycles. The number of nitrogens with one attached hydrogen (secondary N) is 2. The van der Waals surface area contributed by atoms with Crippen LogP contribution < -0.4 is 10.6 Å². The fourth-order valence-electron chi connectivity index (χ4n) is 6.01. The Labute approximate surface area is 346 Å². The number of aliphatic hydroxyl groups is 1. The lowest BCUT2D eigenvalue weighted by atomic mass is 10.1. The Morgan fingerprint density at radius 2 is 1.05 bits per heavy atom. The number of rotatable bonds is 39. The summed E-state index contributed by atoms with van der Waals surface area (Å²) in [6.45, 7) is 3.32. The maximum Gasteiger partial charge on any atom is 0.328 e. The molecule has 2 amide bonds. The van der Waals surface area contributed by atoms with Gasteiger partial charge in [-0.05, 0) is 89.5 Å². The van der Waals surface area contributed by atoms with E-state index in [-0.39, 0.29) is 30.9 Å².